The zero-order valence-electron chi connectivity index (χ0n) is 24.3. The van der Waals surface area contributed by atoms with E-state index in [1.807, 2.05) is 30.3 Å². The minimum Gasteiger partial charge on any atom is -0.543 e. The molecule has 0 aliphatic carbocycles. The Labute approximate surface area is 291 Å². The first-order valence-corrected chi connectivity index (χ1v) is 16.0. The minimum absolute atomic E-state index is 0. The van der Waals surface area contributed by atoms with E-state index < -0.39 is 41.1 Å². The Morgan fingerprint density at radius 2 is 1.96 bits per heavy atom. The SMILES string of the molecule is CN(C(=O)/C=C/c1ccccc1)C(=O)Nc1ccsc1CC(=O)NC1C(=O)N2C(C(=O)[O-])=C(CSc3nnnn3C)CS[C@H]12.[Na+]. The number of imide groups is 1. The molecule has 45 heavy (non-hydrogen) atoms. The number of nitrogens with zero attached hydrogens (tertiary/aromatic N) is 6. The monoisotopic (exact) mass is 676 g/mol. The molecule has 18 heteroatoms. The molecular weight excluding hydrogens is 652 g/mol. The second kappa shape index (κ2) is 15.2. The maximum atomic E-state index is 13.0. The van der Waals surface area contributed by atoms with Crippen LogP contribution in [0.15, 0.2) is 64.3 Å². The quantitative estimate of drug-likeness (QED) is 0.102. The Morgan fingerprint density at radius 3 is 2.64 bits per heavy atom. The van der Waals surface area contributed by atoms with Crippen LogP contribution in [0.2, 0.25) is 0 Å². The number of carbonyl (C=O) groups excluding carboxylic acids is 5. The van der Waals surface area contributed by atoms with Gasteiger partial charge in [0.05, 0.1) is 23.8 Å². The number of rotatable bonds is 10. The first-order chi connectivity index (χ1) is 21.1. The van der Waals surface area contributed by atoms with Crippen molar-refractivity contribution >= 4 is 76.3 Å². The van der Waals surface area contributed by atoms with Crippen molar-refractivity contribution in [3.63, 3.8) is 0 Å². The number of β-lactam (4-membered cyclic amide) rings is 1. The summed E-state index contributed by atoms with van der Waals surface area (Å²) in [5.74, 6) is -2.48. The van der Waals surface area contributed by atoms with Crippen LogP contribution in [-0.4, -0.2) is 89.7 Å². The van der Waals surface area contributed by atoms with E-state index in [1.165, 1.54) is 52.7 Å². The zero-order chi connectivity index (χ0) is 31.4. The Morgan fingerprint density at radius 1 is 1.20 bits per heavy atom. The number of likely N-dealkylation sites (N-methyl/N-ethyl adjacent to an activating group) is 1. The van der Waals surface area contributed by atoms with Crippen LogP contribution in [0.5, 0.6) is 0 Å². The van der Waals surface area contributed by atoms with Crippen molar-refractivity contribution in [1.29, 1.82) is 0 Å². The van der Waals surface area contributed by atoms with Crippen LogP contribution in [0.4, 0.5) is 10.5 Å². The number of carbonyl (C=O) groups is 5. The molecule has 5 rings (SSSR count). The molecule has 4 heterocycles. The Bertz CT molecular complexity index is 1680. The number of urea groups is 1. The van der Waals surface area contributed by atoms with E-state index in [-0.39, 0.29) is 47.4 Å². The van der Waals surface area contributed by atoms with Crippen LogP contribution >= 0.6 is 34.9 Å². The number of aromatic nitrogens is 4. The van der Waals surface area contributed by atoms with Gasteiger partial charge in [0.2, 0.25) is 11.1 Å². The van der Waals surface area contributed by atoms with Gasteiger partial charge in [-0.2, -0.15) is 0 Å². The van der Waals surface area contributed by atoms with Gasteiger partial charge in [-0.1, -0.05) is 42.1 Å². The largest absolute Gasteiger partial charge is 1.00 e. The number of anilines is 1. The van der Waals surface area contributed by atoms with Crippen molar-refractivity contribution in [2.24, 2.45) is 7.05 Å². The number of carboxylic acid groups (broad SMARTS) is 1. The fraction of sp³-hybridized carbons (Fsp3) is 0.259. The number of thioether (sulfide) groups is 2. The van der Waals surface area contributed by atoms with Crippen LogP contribution in [0, 0.1) is 0 Å². The summed E-state index contributed by atoms with van der Waals surface area (Å²) < 4.78 is 1.45. The van der Waals surface area contributed by atoms with Crippen LogP contribution in [0.3, 0.4) is 0 Å². The maximum Gasteiger partial charge on any atom is 1.00 e. The molecule has 0 bridgehead atoms. The van der Waals surface area contributed by atoms with Crippen molar-refractivity contribution in [2.45, 2.75) is 23.0 Å². The van der Waals surface area contributed by atoms with E-state index in [1.54, 1.807) is 24.6 Å². The van der Waals surface area contributed by atoms with Crippen LogP contribution in [0.25, 0.3) is 6.08 Å². The van der Waals surface area contributed by atoms with Gasteiger partial charge in [0.15, 0.2) is 0 Å². The summed E-state index contributed by atoms with van der Waals surface area (Å²) in [6, 6.07) is 9.19. The molecule has 1 unspecified atom stereocenters. The van der Waals surface area contributed by atoms with Crippen molar-refractivity contribution in [2.75, 3.05) is 23.9 Å². The predicted molar refractivity (Wildman–Crippen MR) is 162 cm³/mol. The second-order valence-corrected chi connectivity index (χ2v) is 12.6. The number of amides is 5. The number of thiophene rings is 1. The van der Waals surface area contributed by atoms with Crippen LogP contribution in [0.1, 0.15) is 10.4 Å². The average molecular weight is 677 g/mol. The number of hydrogen-bond donors (Lipinski definition) is 2. The second-order valence-electron chi connectivity index (χ2n) is 9.57. The van der Waals surface area contributed by atoms with Gasteiger partial charge in [0, 0.05) is 36.6 Å². The smallest absolute Gasteiger partial charge is 0.543 e. The summed E-state index contributed by atoms with van der Waals surface area (Å²) in [6.07, 6.45) is 2.75. The standard InChI is InChI=1S/C27H26N8O6S3.Na/c1-33(20(37)9-8-15-6-4-3-5-7-15)26(41)28-17-10-11-42-18(17)12-19(36)29-21-23(38)35-22(25(39)40)16(13-43-24(21)35)14-44-27-30-31-32-34(27)2;/h3-11,21,24H,12-14H2,1-2H3,(H,28,41)(H,29,36)(H,39,40);/q;+1/p-1/b9-8+;/t21?,24-;/m1./s1. The first-order valence-electron chi connectivity index (χ1n) is 13.0. The Hall–Kier alpha value is -3.48. The number of carboxylic acids is 1. The molecular formula is C27H25N8NaO6S3. The van der Waals surface area contributed by atoms with Crippen molar-refractivity contribution < 1.29 is 58.6 Å². The fourth-order valence-electron chi connectivity index (χ4n) is 4.38. The van der Waals surface area contributed by atoms with Gasteiger partial charge in [0.1, 0.15) is 11.4 Å². The van der Waals surface area contributed by atoms with Crippen molar-refractivity contribution in [3.8, 4) is 0 Å². The maximum absolute atomic E-state index is 13.0. The molecule has 228 valence electrons. The van der Waals surface area contributed by atoms with Crippen molar-refractivity contribution in [3.05, 3.63) is 69.6 Å². The molecule has 2 N–H and O–H groups in total. The molecule has 14 nitrogen and oxygen atoms in total. The van der Waals surface area contributed by atoms with E-state index in [0.29, 0.717) is 27.0 Å². The van der Waals surface area contributed by atoms with Crippen molar-refractivity contribution in [1.82, 2.24) is 35.3 Å². The summed E-state index contributed by atoms with van der Waals surface area (Å²) in [4.78, 5) is 65.7. The number of aliphatic carboxylic acids is 1. The topological polar surface area (TPSA) is 183 Å². The van der Waals surface area contributed by atoms with E-state index in [2.05, 4.69) is 26.2 Å². The molecule has 2 aliphatic heterocycles. The van der Waals surface area contributed by atoms with Gasteiger partial charge < -0.3 is 20.5 Å². The van der Waals surface area contributed by atoms with Crippen LogP contribution < -0.4 is 45.3 Å². The van der Waals surface area contributed by atoms with Gasteiger partial charge in [0.25, 0.3) is 11.8 Å². The van der Waals surface area contributed by atoms with E-state index in [4.69, 9.17) is 0 Å². The Balaban J connectivity index is 0.00000461. The summed E-state index contributed by atoms with van der Waals surface area (Å²) in [5, 5.41) is 30.1. The number of nitrogens with one attached hydrogen (secondary N) is 2. The number of hydrogen-bond acceptors (Lipinski definition) is 12. The summed E-state index contributed by atoms with van der Waals surface area (Å²) in [7, 11) is 3.00. The van der Waals surface area contributed by atoms with E-state index in [0.717, 1.165) is 15.4 Å². The molecule has 3 aromatic rings. The normalized spacial score (nSPS) is 17.3. The summed E-state index contributed by atoms with van der Waals surface area (Å²) in [6.45, 7) is 0. The molecule has 2 atom stereocenters. The first kappa shape index (κ1) is 34.4. The number of benzene rings is 1. The third kappa shape index (κ3) is 7.85. The molecule has 1 aromatic carbocycles. The van der Waals surface area contributed by atoms with E-state index in [9.17, 15) is 29.1 Å². The van der Waals surface area contributed by atoms with Gasteiger partial charge >= 0.3 is 35.6 Å². The van der Waals surface area contributed by atoms with Gasteiger partial charge in [-0.25, -0.2) is 9.48 Å². The number of fused-ring (bicyclic) bond motifs is 1. The predicted octanol–water partition coefficient (Wildman–Crippen LogP) is -2.28. The molecule has 0 saturated carbocycles. The van der Waals surface area contributed by atoms with E-state index >= 15 is 0 Å². The molecule has 2 aliphatic rings. The van der Waals surface area contributed by atoms with Gasteiger partial charge in [-0.05, 0) is 39.1 Å². The van der Waals surface area contributed by atoms with Gasteiger partial charge in [-0.3, -0.25) is 24.2 Å². The third-order valence-corrected chi connectivity index (χ3v) is 10.0. The number of aryl methyl sites for hydroxylation is 1. The molecule has 2 aromatic heterocycles. The van der Waals surface area contributed by atoms with Crippen LogP contribution in [-0.2, 0) is 32.6 Å². The zero-order valence-corrected chi connectivity index (χ0v) is 28.8. The summed E-state index contributed by atoms with van der Waals surface area (Å²) >= 11 is 3.80. The molecule has 0 radical (unpaired) electrons. The molecule has 0 spiro atoms. The number of tetrazole rings is 1. The Kier molecular flexibility index (Phi) is 11.6. The fourth-order valence-corrected chi connectivity index (χ4v) is 7.54. The van der Waals surface area contributed by atoms with Gasteiger partial charge in [-0.15, -0.1) is 28.2 Å². The molecule has 1 fully saturated rings. The third-order valence-electron chi connectivity index (χ3n) is 6.68. The molecule has 1 saturated heterocycles. The average Bonchev–Trinajstić information content (AvgIpc) is 3.64. The minimum atomic E-state index is -1.47. The summed E-state index contributed by atoms with van der Waals surface area (Å²) in [5.41, 5.74) is 1.46. The molecule has 5 amide bonds.